The number of rotatable bonds is 8. The molecule has 5 heteroatoms. The van der Waals surface area contributed by atoms with E-state index in [0.29, 0.717) is 24.1 Å². The monoisotopic (exact) mass is 382 g/mol. The lowest BCUT2D eigenvalue weighted by atomic mass is 9.95. The summed E-state index contributed by atoms with van der Waals surface area (Å²) in [7, 11) is 1.62. The standard InChI is InChI=1S/C23H30N2O3/c1-17-11-13-20(14-12-17)25-22(26)16-28-23-18(7-6-10-21(23)27-2)15-24-19-8-4-3-5-9-19/h6-7,10-14,19,24H,3-5,8-9,15-16H2,1-2H3,(H,25,26). The zero-order valence-electron chi connectivity index (χ0n) is 16.8. The normalized spacial score (nSPS) is 14.5. The van der Waals surface area contributed by atoms with Crippen LogP contribution in [0.5, 0.6) is 11.5 Å². The minimum absolute atomic E-state index is 0.0648. The van der Waals surface area contributed by atoms with Crippen LogP contribution < -0.4 is 20.1 Å². The molecule has 0 radical (unpaired) electrons. The highest BCUT2D eigenvalue weighted by atomic mass is 16.5. The first kappa shape index (κ1) is 20.2. The molecule has 0 heterocycles. The van der Waals surface area contributed by atoms with Crippen LogP contribution in [0.2, 0.25) is 0 Å². The molecule has 2 aromatic carbocycles. The molecule has 1 saturated carbocycles. The Morgan fingerprint density at radius 1 is 1.07 bits per heavy atom. The largest absolute Gasteiger partial charge is 0.493 e. The van der Waals surface area contributed by atoms with Gasteiger partial charge in [0.1, 0.15) is 0 Å². The third kappa shape index (κ3) is 5.73. The van der Waals surface area contributed by atoms with Gasteiger partial charge in [0.25, 0.3) is 5.91 Å². The van der Waals surface area contributed by atoms with E-state index >= 15 is 0 Å². The zero-order valence-corrected chi connectivity index (χ0v) is 16.8. The lowest BCUT2D eigenvalue weighted by Crippen LogP contribution is -2.30. The van der Waals surface area contributed by atoms with Gasteiger partial charge in [0.05, 0.1) is 7.11 Å². The number of hydrogen-bond donors (Lipinski definition) is 2. The predicted octanol–water partition coefficient (Wildman–Crippen LogP) is 4.44. The molecule has 0 aromatic heterocycles. The molecule has 1 amide bonds. The lowest BCUT2D eigenvalue weighted by Gasteiger charge is -2.23. The molecule has 2 N–H and O–H groups in total. The van der Waals surface area contributed by atoms with Gasteiger partial charge in [-0.1, -0.05) is 49.1 Å². The Balaban J connectivity index is 1.60. The number of benzene rings is 2. The van der Waals surface area contributed by atoms with E-state index in [-0.39, 0.29) is 12.5 Å². The summed E-state index contributed by atoms with van der Waals surface area (Å²) in [6.45, 7) is 2.65. The molecule has 0 atom stereocenters. The van der Waals surface area contributed by atoms with Crippen LogP contribution in [0.25, 0.3) is 0 Å². The Morgan fingerprint density at radius 2 is 1.82 bits per heavy atom. The topological polar surface area (TPSA) is 59.6 Å². The molecule has 1 fully saturated rings. The highest BCUT2D eigenvalue weighted by molar-refractivity contribution is 5.91. The molecule has 0 unspecified atom stereocenters. The lowest BCUT2D eigenvalue weighted by molar-refractivity contribution is -0.118. The second-order valence-corrected chi connectivity index (χ2v) is 7.37. The summed E-state index contributed by atoms with van der Waals surface area (Å²) in [5.74, 6) is 1.08. The number of methoxy groups -OCH3 is 1. The van der Waals surface area contributed by atoms with Crippen molar-refractivity contribution in [2.45, 2.75) is 51.6 Å². The number of ether oxygens (including phenoxy) is 2. The molecule has 1 aliphatic carbocycles. The van der Waals surface area contributed by atoms with E-state index in [2.05, 4.69) is 10.6 Å². The molecular formula is C23H30N2O3. The van der Waals surface area contributed by atoms with Crippen LogP contribution in [0, 0.1) is 6.92 Å². The fraction of sp³-hybridized carbons (Fsp3) is 0.435. The Bertz CT molecular complexity index is 768. The average molecular weight is 383 g/mol. The minimum Gasteiger partial charge on any atom is -0.493 e. The second kappa shape index (κ2) is 10.1. The van der Waals surface area contributed by atoms with Crippen LogP contribution in [0.1, 0.15) is 43.2 Å². The maximum atomic E-state index is 12.3. The quantitative estimate of drug-likeness (QED) is 0.708. The van der Waals surface area contributed by atoms with Crippen LogP contribution >= 0.6 is 0 Å². The third-order valence-corrected chi connectivity index (χ3v) is 5.15. The molecule has 0 spiro atoms. The number of hydrogen-bond acceptors (Lipinski definition) is 4. The van der Waals surface area contributed by atoms with Gasteiger partial charge in [-0.05, 0) is 38.0 Å². The van der Waals surface area contributed by atoms with Gasteiger partial charge in [-0.3, -0.25) is 4.79 Å². The first-order valence-electron chi connectivity index (χ1n) is 10.0. The summed E-state index contributed by atoms with van der Waals surface area (Å²) in [5.41, 5.74) is 2.92. The van der Waals surface area contributed by atoms with Gasteiger partial charge in [-0.25, -0.2) is 0 Å². The van der Waals surface area contributed by atoms with Gasteiger partial charge in [0.15, 0.2) is 18.1 Å². The average Bonchev–Trinajstić information content (AvgIpc) is 2.73. The third-order valence-electron chi connectivity index (χ3n) is 5.15. The molecule has 2 aromatic rings. The highest BCUT2D eigenvalue weighted by Gasteiger charge is 2.16. The van der Waals surface area contributed by atoms with Gasteiger partial charge in [-0.15, -0.1) is 0 Å². The first-order valence-corrected chi connectivity index (χ1v) is 10.0. The van der Waals surface area contributed by atoms with Crippen molar-refractivity contribution in [3.8, 4) is 11.5 Å². The molecule has 28 heavy (non-hydrogen) atoms. The Kier molecular flexibility index (Phi) is 7.31. The van der Waals surface area contributed by atoms with Gasteiger partial charge >= 0.3 is 0 Å². The van der Waals surface area contributed by atoms with Crippen molar-refractivity contribution >= 4 is 11.6 Å². The SMILES string of the molecule is COc1cccc(CNC2CCCCC2)c1OCC(=O)Nc1ccc(C)cc1. The van der Waals surface area contributed by atoms with E-state index in [1.807, 2.05) is 49.4 Å². The summed E-state index contributed by atoms with van der Waals surface area (Å²) >= 11 is 0. The molecule has 3 rings (SSSR count). The van der Waals surface area contributed by atoms with E-state index < -0.39 is 0 Å². The molecule has 1 aliphatic rings. The highest BCUT2D eigenvalue weighted by Crippen LogP contribution is 2.31. The van der Waals surface area contributed by atoms with Crippen molar-refractivity contribution < 1.29 is 14.3 Å². The number of amides is 1. The number of carbonyl (C=O) groups is 1. The van der Waals surface area contributed by atoms with Crippen molar-refractivity contribution in [1.29, 1.82) is 0 Å². The van der Waals surface area contributed by atoms with Crippen molar-refractivity contribution in [1.82, 2.24) is 5.32 Å². The van der Waals surface area contributed by atoms with Gasteiger partial charge in [0.2, 0.25) is 0 Å². The Morgan fingerprint density at radius 3 is 2.54 bits per heavy atom. The minimum atomic E-state index is -0.194. The van der Waals surface area contributed by atoms with Crippen LogP contribution in [0.3, 0.4) is 0 Å². The van der Waals surface area contributed by atoms with E-state index in [1.54, 1.807) is 7.11 Å². The van der Waals surface area contributed by atoms with E-state index in [1.165, 1.54) is 32.1 Å². The predicted molar refractivity (Wildman–Crippen MR) is 112 cm³/mol. The van der Waals surface area contributed by atoms with E-state index in [9.17, 15) is 4.79 Å². The molecule has 150 valence electrons. The molecule has 0 aliphatic heterocycles. The zero-order chi connectivity index (χ0) is 19.8. The second-order valence-electron chi connectivity index (χ2n) is 7.37. The Hall–Kier alpha value is -2.53. The molecule has 0 saturated heterocycles. The maximum absolute atomic E-state index is 12.3. The molecular weight excluding hydrogens is 352 g/mol. The summed E-state index contributed by atoms with van der Waals surface area (Å²) in [5, 5.41) is 6.49. The first-order chi connectivity index (χ1) is 13.7. The summed E-state index contributed by atoms with van der Waals surface area (Å²) < 4.78 is 11.3. The van der Waals surface area contributed by atoms with Crippen LogP contribution in [0.4, 0.5) is 5.69 Å². The maximum Gasteiger partial charge on any atom is 0.262 e. The van der Waals surface area contributed by atoms with Crippen LogP contribution in [-0.2, 0) is 11.3 Å². The number of nitrogens with one attached hydrogen (secondary N) is 2. The van der Waals surface area contributed by atoms with Crippen molar-refractivity contribution in [3.05, 3.63) is 53.6 Å². The van der Waals surface area contributed by atoms with E-state index in [4.69, 9.17) is 9.47 Å². The number of carbonyl (C=O) groups excluding carboxylic acids is 1. The fourth-order valence-electron chi connectivity index (χ4n) is 3.56. The van der Waals surface area contributed by atoms with Gasteiger partial charge in [-0.2, -0.15) is 0 Å². The summed E-state index contributed by atoms with van der Waals surface area (Å²) in [6, 6.07) is 14.1. The smallest absolute Gasteiger partial charge is 0.262 e. The number of para-hydroxylation sites is 1. The molecule has 0 bridgehead atoms. The Labute approximate surface area is 167 Å². The van der Waals surface area contributed by atoms with Gasteiger partial charge in [0, 0.05) is 23.8 Å². The van der Waals surface area contributed by atoms with Crippen molar-refractivity contribution in [2.24, 2.45) is 0 Å². The number of anilines is 1. The van der Waals surface area contributed by atoms with Crippen molar-refractivity contribution in [2.75, 3.05) is 19.0 Å². The van der Waals surface area contributed by atoms with E-state index in [0.717, 1.165) is 16.8 Å². The van der Waals surface area contributed by atoms with Crippen LogP contribution in [-0.4, -0.2) is 25.7 Å². The summed E-state index contributed by atoms with van der Waals surface area (Å²) in [4.78, 5) is 12.3. The van der Waals surface area contributed by atoms with Crippen LogP contribution in [0.15, 0.2) is 42.5 Å². The van der Waals surface area contributed by atoms with Gasteiger partial charge < -0.3 is 20.1 Å². The number of aryl methyl sites for hydroxylation is 1. The van der Waals surface area contributed by atoms with Crippen molar-refractivity contribution in [3.63, 3.8) is 0 Å². The fourth-order valence-corrected chi connectivity index (χ4v) is 3.56. The summed E-state index contributed by atoms with van der Waals surface area (Å²) in [6.07, 6.45) is 6.36. The molecule has 5 nitrogen and oxygen atoms in total.